The van der Waals surface area contributed by atoms with E-state index < -0.39 is 35.9 Å². The molecule has 4 aromatic rings. The van der Waals surface area contributed by atoms with Crippen LogP contribution in [0, 0.1) is 64.6 Å². The Morgan fingerprint density at radius 1 is 0.963 bits per heavy atom. The quantitative estimate of drug-likeness (QED) is 0.0405. The molecule has 4 fully saturated rings. The monoisotopic (exact) mass is 1090 g/mol. The first-order valence-corrected chi connectivity index (χ1v) is 29.9. The van der Waals surface area contributed by atoms with Gasteiger partial charge in [0.25, 0.3) is 0 Å². The Morgan fingerprint density at radius 3 is 2.56 bits per heavy atom. The number of hydrogen-bond acceptors (Lipinski definition) is 13. The number of aliphatic hydroxyl groups excluding tert-OH is 4. The molecule has 0 amide bonds. The maximum absolute atomic E-state index is 15.1. The molecule has 1 spiro atoms. The van der Waals surface area contributed by atoms with E-state index in [2.05, 4.69) is 95.3 Å². The summed E-state index contributed by atoms with van der Waals surface area (Å²) in [7, 11) is 1.48. The summed E-state index contributed by atoms with van der Waals surface area (Å²) in [6.45, 7) is 7.04. The number of carbonyl (C=O) groups excluding carboxylic acids is 2. The standard InChI is InChI=1S/C66H81N5O9/c1-4-34-30-70-57(67)28-46(34)45(37-11-10-35-8-6-7-9-36(35)22-37)27-52(74)51(73)23-39-18-20-66(55(76)16-13-38-24-54(80-3)53(75)26-44(38)39)21-19-40(25-56(66)77)59-42(15-17-58(78)79)47-33-69-49-29-50(72)43-14-12-41-31-71-65-60(41)61(43)64(49)62(47)63(65)48(59)32-68-5-2/h6-12,14,22,24,26,28,31,39-40,42-43,45,47-49,51-52,56,58-59,61-64,68-71,73-75,77-79H,4-5,13,15-17,19,21,23,25,27,29-30,32-33,67H2,1-3H3. The molecule has 17 atom stereocenters. The van der Waals surface area contributed by atoms with Crippen molar-refractivity contribution in [3.05, 3.63) is 123 Å². The van der Waals surface area contributed by atoms with Crippen molar-refractivity contribution in [3.8, 4) is 23.3 Å². The number of aromatic nitrogens is 1. The first-order valence-electron chi connectivity index (χ1n) is 29.9. The van der Waals surface area contributed by atoms with Crippen molar-refractivity contribution in [1.29, 1.82) is 0 Å². The Hall–Kier alpha value is -5.76. The van der Waals surface area contributed by atoms with Crippen LogP contribution in [-0.2, 0) is 16.0 Å². The summed E-state index contributed by atoms with van der Waals surface area (Å²) in [6, 6.07) is 17.9. The average Bonchev–Trinajstić information content (AvgIpc) is 1.95. The summed E-state index contributed by atoms with van der Waals surface area (Å²) in [4.78, 5) is 32.8. The molecule has 0 radical (unpaired) electrons. The lowest BCUT2D eigenvalue weighted by Crippen LogP contribution is -2.66. The van der Waals surface area contributed by atoms with Gasteiger partial charge in [-0.25, -0.2) is 0 Å². The molecule has 2 aliphatic heterocycles. The van der Waals surface area contributed by atoms with E-state index in [1.54, 1.807) is 12.1 Å². The van der Waals surface area contributed by atoms with Crippen LogP contribution in [0.1, 0.15) is 135 Å². The molecule has 3 heterocycles. The predicted octanol–water partition coefficient (Wildman–Crippen LogP) is 6.91. The van der Waals surface area contributed by atoms with E-state index in [0.717, 1.165) is 64.7 Å². The van der Waals surface area contributed by atoms with Crippen LogP contribution in [0.4, 0.5) is 0 Å². The summed E-state index contributed by atoms with van der Waals surface area (Å²) in [5.41, 5.74) is 13.2. The number of phenolic OH excluding ortho intramolecular Hbond substituents is 1. The fourth-order valence-electron chi connectivity index (χ4n) is 17.5. The summed E-state index contributed by atoms with van der Waals surface area (Å²) in [5.74, 6) is 7.63. The van der Waals surface area contributed by atoms with Gasteiger partial charge in [0, 0.05) is 66.9 Å². The zero-order chi connectivity index (χ0) is 55.7. The van der Waals surface area contributed by atoms with Gasteiger partial charge in [0.2, 0.25) is 0 Å². The third-order valence-electron chi connectivity index (χ3n) is 21.1. The molecular formula is C66H81N5O9. The zero-order valence-electron chi connectivity index (χ0n) is 46.4. The van der Waals surface area contributed by atoms with Gasteiger partial charge in [-0.2, -0.15) is 0 Å². The van der Waals surface area contributed by atoms with Gasteiger partial charge in [0.05, 0.1) is 31.2 Å². The van der Waals surface area contributed by atoms with Crippen molar-refractivity contribution >= 4 is 28.4 Å². The van der Waals surface area contributed by atoms with Crippen molar-refractivity contribution in [2.75, 3.05) is 33.3 Å². The molecule has 1 aromatic heterocycles. The van der Waals surface area contributed by atoms with Crippen molar-refractivity contribution in [2.45, 2.75) is 139 Å². The smallest absolute Gasteiger partial charge is 0.160 e. The first kappa shape index (κ1) is 54.8. The van der Waals surface area contributed by atoms with Gasteiger partial charge >= 0.3 is 0 Å². The van der Waals surface area contributed by atoms with Crippen LogP contribution in [0.3, 0.4) is 0 Å². The number of hydrogen-bond donors (Lipinski definition) is 11. The molecule has 3 aromatic carbocycles. The number of methoxy groups -OCH3 is 1. The minimum Gasteiger partial charge on any atom is -0.504 e. The number of ketones is 2. The molecular weight excluding hydrogens is 1010 g/mol. The molecule has 6 aliphatic carbocycles. The second kappa shape index (κ2) is 22.2. The maximum atomic E-state index is 15.1. The van der Waals surface area contributed by atoms with Gasteiger partial charge in [-0.15, -0.1) is 0 Å². The molecule has 17 unspecified atom stereocenters. The number of rotatable bonds is 16. The molecule has 12 N–H and O–H groups in total. The van der Waals surface area contributed by atoms with Crippen LogP contribution in [0.25, 0.3) is 16.8 Å². The molecule has 14 nitrogen and oxygen atoms in total. The number of benzene rings is 3. The number of allylic oxidation sites excluding steroid dienone is 3. The number of ether oxygens (including phenoxy) is 1. The molecule has 12 rings (SSSR count). The van der Waals surface area contributed by atoms with E-state index in [9.17, 15) is 35.4 Å². The van der Waals surface area contributed by atoms with Crippen molar-refractivity contribution in [3.63, 3.8) is 0 Å². The molecule has 1 saturated heterocycles. The van der Waals surface area contributed by atoms with Gasteiger partial charge in [0.15, 0.2) is 23.6 Å². The molecule has 0 bridgehead atoms. The van der Waals surface area contributed by atoms with Gasteiger partial charge in [-0.3, -0.25) is 9.59 Å². The Kier molecular flexibility index (Phi) is 15.2. The van der Waals surface area contributed by atoms with Gasteiger partial charge in [-0.05, 0) is 187 Å². The van der Waals surface area contributed by atoms with E-state index in [4.69, 9.17) is 10.5 Å². The van der Waals surface area contributed by atoms with E-state index in [-0.39, 0.29) is 121 Å². The van der Waals surface area contributed by atoms with Gasteiger partial charge < -0.3 is 62.0 Å². The molecule has 3 saturated carbocycles. The number of nitrogens with one attached hydrogen (secondary N) is 4. The Labute approximate surface area is 469 Å². The molecule has 8 aliphatic rings. The predicted molar refractivity (Wildman–Crippen MR) is 307 cm³/mol. The minimum absolute atomic E-state index is 0.0139. The fourth-order valence-corrected chi connectivity index (χ4v) is 17.5. The number of aliphatic hydroxyl groups is 5. The van der Waals surface area contributed by atoms with Crippen LogP contribution in [0.5, 0.6) is 11.5 Å². The van der Waals surface area contributed by atoms with E-state index >= 15 is 4.79 Å². The number of aromatic amines is 1. The average molecular weight is 1090 g/mol. The van der Waals surface area contributed by atoms with Crippen LogP contribution in [0.2, 0.25) is 0 Å². The molecule has 14 heteroatoms. The highest BCUT2D eigenvalue weighted by Crippen LogP contribution is 2.67. The number of phenols is 1. The van der Waals surface area contributed by atoms with Crippen molar-refractivity contribution in [1.82, 2.24) is 20.9 Å². The van der Waals surface area contributed by atoms with Crippen molar-refractivity contribution in [2.24, 2.45) is 58.5 Å². The normalized spacial score (nSPS) is 33.3. The van der Waals surface area contributed by atoms with Crippen molar-refractivity contribution < 1.29 is 45.0 Å². The van der Waals surface area contributed by atoms with E-state index in [1.807, 2.05) is 18.2 Å². The third kappa shape index (κ3) is 9.52. The number of aromatic hydroxyl groups is 1. The number of nitrogens with two attached hydrogens (primary N) is 1. The zero-order valence-corrected chi connectivity index (χ0v) is 46.4. The second-order valence-corrected chi connectivity index (χ2v) is 24.9. The van der Waals surface area contributed by atoms with E-state index in [1.165, 1.54) is 18.4 Å². The summed E-state index contributed by atoms with van der Waals surface area (Å²) < 4.78 is 5.59. The highest BCUT2D eigenvalue weighted by molar-refractivity contribution is 5.90. The van der Waals surface area contributed by atoms with E-state index in [0.29, 0.717) is 55.8 Å². The Morgan fingerprint density at radius 2 is 1.79 bits per heavy atom. The van der Waals surface area contributed by atoms with Crippen LogP contribution < -0.4 is 26.4 Å². The number of aryl methyl sites for hydroxylation is 1. The first-order chi connectivity index (χ1) is 38.7. The Bertz CT molecular complexity index is 3190. The maximum Gasteiger partial charge on any atom is 0.160 e. The second-order valence-electron chi connectivity index (χ2n) is 24.9. The topological polar surface area (TPSA) is 243 Å². The van der Waals surface area contributed by atoms with Crippen LogP contribution in [0.15, 0.2) is 89.9 Å². The summed E-state index contributed by atoms with van der Waals surface area (Å²) in [6.07, 6.45) is 7.14. The summed E-state index contributed by atoms with van der Waals surface area (Å²) >= 11 is 0. The number of dihydropyridines is 1. The van der Waals surface area contributed by atoms with Crippen LogP contribution in [-0.4, -0.2) is 111 Å². The number of H-pyrrole nitrogens is 1. The van der Waals surface area contributed by atoms with Gasteiger partial charge in [-0.1, -0.05) is 80.3 Å². The lowest BCUT2D eigenvalue weighted by molar-refractivity contribution is -0.144. The highest BCUT2D eigenvalue weighted by Gasteiger charge is 2.65. The molecule has 80 heavy (non-hydrogen) atoms. The molecule has 424 valence electrons. The number of carbonyl (C=O) groups is 2. The lowest BCUT2D eigenvalue weighted by Gasteiger charge is -2.65. The third-order valence-corrected chi connectivity index (χ3v) is 21.1. The lowest BCUT2D eigenvalue weighted by atomic mass is 9.41. The minimum atomic E-state index is -1.47. The largest absolute Gasteiger partial charge is 0.504 e. The number of fused-ring (bicyclic) bond motifs is 3. The van der Waals surface area contributed by atoms with Gasteiger partial charge in [0.1, 0.15) is 11.2 Å². The SMILES string of the molecule is CCNCC1C2c3[nH]cc4c3C3C(C=C4)C(=O)CC4NCC(C(CCC(O)O)C1C1CCC5(C#CC(CC(O)C(O)CC(C6=C(CC)CNC(N)=C6)c6ccc7ccccc7c6)c6cc(O)c(OC)cc6CCC5=O)C(O)C1)C2C43. The summed E-state index contributed by atoms with van der Waals surface area (Å²) in [5, 5.41) is 83.1. The number of piperidine rings is 1. The fraction of sp³-hybridized carbons (Fsp3) is 0.545. The highest BCUT2D eigenvalue weighted by atomic mass is 16.5. The number of Topliss-reactive ketones (excluding diaryl/α,β-unsaturated/α-hetero) is 2. The Balaban J connectivity index is 0.879. The van der Waals surface area contributed by atoms with Crippen LogP contribution >= 0.6 is 0 Å².